The SMILES string of the molecule is CCNC(=S)N/N=C(/C=N/NC(=S)NCC)c1ccc(Cl)s1. The zero-order valence-corrected chi connectivity index (χ0v) is 15.3. The summed E-state index contributed by atoms with van der Waals surface area (Å²) >= 11 is 17.4. The summed E-state index contributed by atoms with van der Waals surface area (Å²) in [5.41, 5.74) is 6.05. The van der Waals surface area contributed by atoms with Crippen LogP contribution in [0, 0.1) is 0 Å². The largest absolute Gasteiger partial charge is 0.362 e. The third kappa shape index (κ3) is 7.12. The minimum Gasteiger partial charge on any atom is -0.362 e. The van der Waals surface area contributed by atoms with E-state index in [1.807, 2.05) is 19.9 Å². The molecule has 6 nitrogen and oxygen atoms in total. The normalized spacial score (nSPS) is 11.3. The van der Waals surface area contributed by atoms with Gasteiger partial charge in [-0.3, -0.25) is 10.9 Å². The topological polar surface area (TPSA) is 72.8 Å². The number of halogens is 1. The minimum atomic E-state index is 0.437. The van der Waals surface area contributed by atoms with Crippen molar-refractivity contribution in [1.29, 1.82) is 0 Å². The molecule has 0 aliphatic rings. The average molecular weight is 377 g/mol. The molecule has 0 saturated heterocycles. The van der Waals surface area contributed by atoms with Crippen molar-refractivity contribution in [3.8, 4) is 0 Å². The third-order valence-electron chi connectivity index (χ3n) is 2.13. The quantitative estimate of drug-likeness (QED) is 0.346. The molecule has 0 amide bonds. The van der Waals surface area contributed by atoms with Gasteiger partial charge in [0.1, 0.15) is 5.71 Å². The number of thiocarbonyl (C=S) groups is 2. The highest BCUT2D eigenvalue weighted by molar-refractivity contribution is 7.80. The molecule has 22 heavy (non-hydrogen) atoms. The molecular weight excluding hydrogens is 360 g/mol. The molecule has 1 rings (SSSR count). The molecule has 4 N–H and O–H groups in total. The van der Waals surface area contributed by atoms with Gasteiger partial charge in [-0.2, -0.15) is 10.2 Å². The van der Waals surface area contributed by atoms with E-state index in [1.165, 1.54) is 11.3 Å². The molecule has 0 aliphatic heterocycles. The van der Waals surface area contributed by atoms with Gasteiger partial charge < -0.3 is 10.6 Å². The van der Waals surface area contributed by atoms with Gasteiger partial charge in [0.2, 0.25) is 0 Å². The Kier molecular flexibility index (Phi) is 8.90. The zero-order chi connectivity index (χ0) is 16.4. The molecule has 0 bridgehead atoms. The molecule has 120 valence electrons. The lowest BCUT2D eigenvalue weighted by Crippen LogP contribution is -2.33. The van der Waals surface area contributed by atoms with Crippen LogP contribution in [0.3, 0.4) is 0 Å². The lowest BCUT2D eigenvalue weighted by atomic mass is 10.3. The van der Waals surface area contributed by atoms with Crippen LogP contribution < -0.4 is 21.5 Å². The van der Waals surface area contributed by atoms with Crippen molar-refractivity contribution in [2.75, 3.05) is 13.1 Å². The molecule has 1 aromatic heterocycles. The fourth-order valence-corrected chi connectivity index (χ4v) is 2.65. The first-order valence-electron chi connectivity index (χ1n) is 6.51. The molecule has 10 heteroatoms. The highest BCUT2D eigenvalue weighted by Gasteiger charge is 2.05. The van der Waals surface area contributed by atoms with Crippen molar-refractivity contribution in [3.05, 3.63) is 21.3 Å². The molecular formula is C12H17ClN6S3. The third-order valence-corrected chi connectivity index (χ3v) is 3.86. The van der Waals surface area contributed by atoms with E-state index in [1.54, 1.807) is 12.3 Å². The zero-order valence-electron chi connectivity index (χ0n) is 12.1. The Hall–Kier alpha value is -1.29. The maximum atomic E-state index is 5.96. The predicted octanol–water partition coefficient (Wildman–Crippen LogP) is 2.06. The van der Waals surface area contributed by atoms with Crippen molar-refractivity contribution in [2.45, 2.75) is 13.8 Å². The summed E-state index contributed by atoms with van der Waals surface area (Å²) in [5, 5.41) is 15.0. The molecule has 0 unspecified atom stereocenters. The van der Waals surface area contributed by atoms with Crippen LogP contribution in [0.2, 0.25) is 4.34 Å². The standard InChI is InChI=1S/C12H17ClN6S3/c1-3-14-11(20)18-16-7-8(9-5-6-10(13)22-9)17-19-12(21)15-4-2/h5-7H,3-4H2,1-2H3,(H2,14,18,20)(H2,15,19,21)/b16-7+,17-8-. The van der Waals surface area contributed by atoms with Crippen LogP contribution in [-0.4, -0.2) is 35.2 Å². The fraction of sp³-hybridized carbons (Fsp3) is 0.333. The first-order valence-corrected chi connectivity index (χ1v) is 8.52. The summed E-state index contributed by atoms with van der Waals surface area (Å²) in [6, 6.07) is 3.66. The van der Waals surface area contributed by atoms with Gasteiger partial charge in [-0.1, -0.05) is 11.6 Å². The van der Waals surface area contributed by atoms with Crippen molar-refractivity contribution in [2.24, 2.45) is 10.2 Å². The fourth-order valence-electron chi connectivity index (χ4n) is 1.26. The van der Waals surface area contributed by atoms with E-state index in [4.69, 9.17) is 36.0 Å². The number of hydrazone groups is 2. The Bertz CT molecular complexity index is 569. The Morgan fingerprint density at radius 1 is 1.18 bits per heavy atom. The highest BCUT2D eigenvalue weighted by atomic mass is 35.5. The van der Waals surface area contributed by atoms with E-state index in [0.717, 1.165) is 11.4 Å². The van der Waals surface area contributed by atoms with Crippen LogP contribution in [0.5, 0.6) is 0 Å². The van der Waals surface area contributed by atoms with Crippen molar-refractivity contribution in [3.63, 3.8) is 0 Å². The van der Waals surface area contributed by atoms with E-state index < -0.39 is 0 Å². The molecule has 0 atom stereocenters. The molecule has 0 radical (unpaired) electrons. The predicted molar refractivity (Wildman–Crippen MR) is 103 cm³/mol. The van der Waals surface area contributed by atoms with E-state index in [9.17, 15) is 0 Å². The molecule has 1 heterocycles. The van der Waals surface area contributed by atoms with Crippen molar-refractivity contribution in [1.82, 2.24) is 21.5 Å². The van der Waals surface area contributed by atoms with Crippen LogP contribution in [0.1, 0.15) is 18.7 Å². The van der Waals surface area contributed by atoms with Crippen molar-refractivity contribution < 1.29 is 0 Å². The second-order valence-electron chi connectivity index (χ2n) is 3.80. The Morgan fingerprint density at radius 3 is 2.36 bits per heavy atom. The lowest BCUT2D eigenvalue weighted by molar-refractivity contribution is 0.900. The van der Waals surface area contributed by atoms with Gasteiger partial charge in [0, 0.05) is 13.1 Å². The van der Waals surface area contributed by atoms with Gasteiger partial charge in [-0.05, 0) is 50.4 Å². The van der Waals surface area contributed by atoms with Gasteiger partial charge in [-0.25, -0.2) is 0 Å². The number of nitrogens with one attached hydrogen (secondary N) is 4. The summed E-state index contributed by atoms with van der Waals surface area (Å²) in [5.74, 6) is 0. The van der Waals surface area contributed by atoms with Crippen LogP contribution in [0.15, 0.2) is 22.3 Å². The maximum absolute atomic E-state index is 5.96. The minimum absolute atomic E-state index is 0.437. The number of hydrogen-bond donors (Lipinski definition) is 4. The average Bonchev–Trinajstić information content (AvgIpc) is 2.89. The number of nitrogens with zero attached hydrogens (tertiary/aromatic N) is 2. The molecule has 1 aromatic rings. The molecule has 0 spiro atoms. The maximum Gasteiger partial charge on any atom is 0.186 e. The van der Waals surface area contributed by atoms with Gasteiger partial charge in [0.15, 0.2) is 10.2 Å². The number of thiophene rings is 1. The van der Waals surface area contributed by atoms with Crippen LogP contribution in [0.4, 0.5) is 0 Å². The second kappa shape index (κ2) is 10.4. The second-order valence-corrected chi connectivity index (χ2v) is 6.33. The van der Waals surface area contributed by atoms with Crippen LogP contribution >= 0.6 is 47.4 Å². The Labute approximate surface area is 149 Å². The first-order chi connectivity index (χ1) is 10.6. The smallest absolute Gasteiger partial charge is 0.186 e. The summed E-state index contributed by atoms with van der Waals surface area (Å²) in [7, 11) is 0. The summed E-state index contributed by atoms with van der Waals surface area (Å²) in [6.07, 6.45) is 1.55. The summed E-state index contributed by atoms with van der Waals surface area (Å²) in [4.78, 5) is 0.858. The summed E-state index contributed by atoms with van der Waals surface area (Å²) < 4.78 is 0.668. The van der Waals surface area contributed by atoms with Gasteiger partial charge in [0.05, 0.1) is 15.4 Å². The molecule has 0 saturated carbocycles. The Morgan fingerprint density at radius 2 is 1.82 bits per heavy atom. The molecule has 0 aliphatic carbocycles. The first kappa shape index (κ1) is 18.8. The van der Waals surface area contributed by atoms with Gasteiger partial charge >= 0.3 is 0 Å². The van der Waals surface area contributed by atoms with E-state index in [2.05, 4.69) is 31.7 Å². The van der Waals surface area contributed by atoms with Crippen molar-refractivity contribution >= 4 is 69.5 Å². The monoisotopic (exact) mass is 376 g/mol. The molecule has 0 fully saturated rings. The van der Waals surface area contributed by atoms with E-state index in [0.29, 0.717) is 26.8 Å². The van der Waals surface area contributed by atoms with E-state index in [-0.39, 0.29) is 0 Å². The van der Waals surface area contributed by atoms with Gasteiger partial charge in [-0.15, -0.1) is 11.3 Å². The van der Waals surface area contributed by atoms with Crippen LogP contribution in [0.25, 0.3) is 0 Å². The van der Waals surface area contributed by atoms with Crippen LogP contribution in [-0.2, 0) is 0 Å². The number of rotatable bonds is 6. The highest BCUT2D eigenvalue weighted by Crippen LogP contribution is 2.21. The lowest BCUT2D eigenvalue weighted by Gasteiger charge is -2.05. The van der Waals surface area contributed by atoms with Gasteiger partial charge in [0.25, 0.3) is 0 Å². The van der Waals surface area contributed by atoms with E-state index >= 15 is 0 Å². The Balaban J connectivity index is 2.78. The number of hydrogen-bond acceptors (Lipinski definition) is 5. The molecule has 0 aromatic carbocycles. The summed E-state index contributed by atoms with van der Waals surface area (Å²) in [6.45, 7) is 5.34.